The summed E-state index contributed by atoms with van der Waals surface area (Å²) < 4.78 is 10.9. The average Bonchev–Trinajstić information content (AvgIpc) is 3.06. The summed E-state index contributed by atoms with van der Waals surface area (Å²) in [7, 11) is 0. The molecule has 0 radical (unpaired) electrons. The van der Waals surface area contributed by atoms with Crippen molar-refractivity contribution in [2.45, 2.75) is 25.8 Å². The van der Waals surface area contributed by atoms with E-state index < -0.39 is 0 Å². The zero-order valence-electron chi connectivity index (χ0n) is 13.5. The van der Waals surface area contributed by atoms with Gasteiger partial charge in [-0.05, 0) is 37.8 Å². The lowest BCUT2D eigenvalue weighted by molar-refractivity contribution is 0.0570. The SMILES string of the molecule is Cc1noc([C@H](Nc2cnc3ccccc3n2)C2CCOCC2)n1. The molecule has 1 N–H and O–H groups in total. The number of aromatic nitrogens is 4. The lowest BCUT2D eigenvalue weighted by atomic mass is 9.91. The van der Waals surface area contributed by atoms with E-state index in [1.165, 1.54) is 0 Å². The number of benzene rings is 1. The molecule has 2 aromatic heterocycles. The van der Waals surface area contributed by atoms with Crippen LogP contribution in [0.4, 0.5) is 5.82 Å². The molecule has 3 heterocycles. The first-order valence-corrected chi connectivity index (χ1v) is 8.16. The van der Waals surface area contributed by atoms with Crippen LogP contribution in [-0.2, 0) is 4.74 Å². The standard InChI is InChI=1S/C17H19N5O2/c1-11-19-17(24-22-11)16(12-6-8-23-9-7-12)21-15-10-18-13-4-2-3-5-14(13)20-15/h2-5,10,12,16H,6-9H2,1H3,(H,20,21)/t16-/m1/s1. The van der Waals surface area contributed by atoms with Crippen LogP contribution in [0.1, 0.15) is 30.6 Å². The van der Waals surface area contributed by atoms with Crippen LogP contribution in [0.5, 0.6) is 0 Å². The molecule has 0 unspecified atom stereocenters. The van der Waals surface area contributed by atoms with Crippen LogP contribution >= 0.6 is 0 Å². The Labute approximate surface area is 139 Å². The van der Waals surface area contributed by atoms with Gasteiger partial charge in [0, 0.05) is 13.2 Å². The molecule has 24 heavy (non-hydrogen) atoms. The Morgan fingerprint density at radius 1 is 1.12 bits per heavy atom. The second-order valence-corrected chi connectivity index (χ2v) is 6.00. The van der Waals surface area contributed by atoms with Gasteiger partial charge in [-0.3, -0.25) is 4.98 Å². The van der Waals surface area contributed by atoms with Crippen molar-refractivity contribution < 1.29 is 9.26 Å². The maximum absolute atomic E-state index is 5.48. The summed E-state index contributed by atoms with van der Waals surface area (Å²) in [6, 6.07) is 7.72. The summed E-state index contributed by atoms with van der Waals surface area (Å²) in [4.78, 5) is 13.5. The number of anilines is 1. The number of nitrogens with zero attached hydrogens (tertiary/aromatic N) is 4. The van der Waals surface area contributed by atoms with Crippen LogP contribution in [0.25, 0.3) is 11.0 Å². The fourth-order valence-corrected chi connectivity index (χ4v) is 3.06. The Morgan fingerprint density at radius 2 is 1.92 bits per heavy atom. The summed E-state index contributed by atoms with van der Waals surface area (Å²) >= 11 is 0. The van der Waals surface area contributed by atoms with Crippen LogP contribution in [0, 0.1) is 12.8 Å². The zero-order valence-corrected chi connectivity index (χ0v) is 13.5. The third kappa shape index (κ3) is 3.07. The lowest BCUT2D eigenvalue weighted by Crippen LogP contribution is -2.27. The molecule has 1 aliphatic heterocycles. The third-order valence-electron chi connectivity index (χ3n) is 4.30. The Morgan fingerprint density at radius 3 is 2.67 bits per heavy atom. The van der Waals surface area contributed by atoms with Gasteiger partial charge in [0.05, 0.1) is 17.2 Å². The molecule has 0 saturated carbocycles. The zero-order chi connectivity index (χ0) is 16.4. The van der Waals surface area contributed by atoms with Crippen molar-refractivity contribution in [2.24, 2.45) is 5.92 Å². The van der Waals surface area contributed by atoms with Gasteiger partial charge in [0.2, 0.25) is 5.89 Å². The molecule has 0 aliphatic carbocycles. The van der Waals surface area contributed by atoms with Crippen molar-refractivity contribution in [1.82, 2.24) is 20.1 Å². The first-order valence-electron chi connectivity index (χ1n) is 8.16. The molecule has 124 valence electrons. The van der Waals surface area contributed by atoms with Gasteiger partial charge in [-0.15, -0.1) is 0 Å². The van der Waals surface area contributed by atoms with Crippen LogP contribution in [0.15, 0.2) is 35.0 Å². The summed E-state index contributed by atoms with van der Waals surface area (Å²) in [5.41, 5.74) is 1.73. The number of para-hydroxylation sites is 2. The van der Waals surface area contributed by atoms with Gasteiger partial charge in [-0.1, -0.05) is 17.3 Å². The minimum absolute atomic E-state index is 0.0921. The maximum atomic E-state index is 5.48. The fourth-order valence-electron chi connectivity index (χ4n) is 3.06. The second kappa shape index (κ2) is 6.52. The summed E-state index contributed by atoms with van der Waals surface area (Å²) in [5, 5.41) is 7.38. The molecule has 1 saturated heterocycles. The van der Waals surface area contributed by atoms with Crippen molar-refractivity contribution in [3.05, 3.63) is 42.2 Å². The molecule has 1 aromatic carbocycles. The monoisotopic (exact) mass is 325 g/mol. The molecule has 7 nitrogen and oxygen atoms in total. The summed E-state index contributed by atoms with van der Waals surface area (Å²) in [5.74, 6) is 2.29. The van der Waals surface area contributed by atoms with Crippen LogP contribution in [0.3, 0.4) is 0 Å². The number of aryl methyl sites for hydroxylation is 1. The number of hydrogen-bond acceptors (Lipinski definition) is 7. The molecule has 4 rings (SSSR count). The predicted octanol–water partition coefficient (Wildman–Crippen LogP) is 2.90. The van der Waals surface area contributed by atoms with Crippen LogP contribution in [-0.4, -0.2) is 33.3 Å². The first-order chi connectivity index (χ1) is 11.8. The highest BCUT2D eigenvalue weighted by molar-refractivity contribution is 5.75. The summed E-state index contributed by atoms with van der Waals surface area (Å²) in [6.45, 7) is 3.32. The smallest absolute Gasteiger partial charge is 0.249 e. The highest BCUT2D eigenvalue weighted by Crippen LogP contribution is 2.32. The Hall–Kier alpha value is -2.54. The highest BCUT2D eigenvalue weighted by Gasteiger charge is 2.30. The Bertz CT molecular complexity index is 828. The molecule has 0 spiro atoms. The van der Waals surface area contributed by atoms with E-state index in [-0.39, 0.29) is 6.04 Å². The van der Waals surface area contributed by atoms with Gasteiger partial charge in [-0.2, -0.15) is 4.98 Å². The molecule has 0 amide bonds. The van der Waals surface area contributed by atoms with Gasteiger partial charge in [0.25, 0.3) is 0 Å². The molecule has 3 aromatic rings. The topological polar surface area (TPSA) is 86.0 Å². The van der Waals surface area contributed by atoms with Crippen molar-refractivity contribution in [2.75, 3.05) is 18.5 Å². The Kier molecular flexibility index (Phi) is 4.08. The van der Waals surface area contributed by atoms with Crippen LogP contribution in [0.2, 0.25) is 0 Å². The van der Waals surface area contributed by atoms with Gasteiger partial charge in [0.15, 0.2) is 5.82 Å². The molecular formula is C17H19N5O2. The number of fused-ring (bicyclic) bond motifs is 1. The van der Waals surface area contributed by atoms with E-state index >= 15 is 0 Å². The Balaban J connectivity index is 1.64. The van der Waals surface area contributed by atoms with Crippen molar-refractivity contribution in [1.29, 1.82) is 0 Å². The number of rotatable bonds is 4. The first kappa shape index (κ1) is 15.0. The predicted molar refractivity (Wildman–Crippen MR) is 88.5 cm³/mol. The van der Waals surface area contributed by atoms with Crippen molar-refractivity contribution in [3.8, 4) is 0 Å². The third-order valence-corrected chi connectivity index (χ3v) is 4.30. The summed E-state index contributed by atoms with van der Waals surface area (Å²) in [6.07, 6.45) is 3.64. The number of ether oxygens (including phenoxy) is 1. The molecule has 1 aliphatic rings. The van der Waals surface area contributed by atoms with Gasteiger partial charge < -0.3 is 14.6 Å². The van der Waals surface area contributed by atoms with E-state index in [4.69, 9.17) is 9.26 Å². The van der Waals surface area contributed by atoms with E-state index in [9.17, 15) is 0 Å². The molecule has 0 bridgehead atoms. The maximum Gasteiger partial charge on any atom is 0.249 e. The van der Waals surface area contributed by atoms with Crippen molar-refractivity contribution >= 4 is 16.9 Å². The fraction of sp³-hybridized carbons (Fsp3) is 0.412. The molecule has 1 fully saturated rings. The highest BCUT2D eigenvalue weighted by atomic mass is 16.5. The van der Waals surface area contributed by atoms with Gasteiger partial charge in [-0.25, -0.2) is 4.98 Å². The van der Waals surface area contributed by atoms with Gasteiger partial charge in [0.1, 0.15) is 11.9 Å². The lowest BCUT2D eigenvalue weighted by Gasteiger charge is -2.28. The largest absolute Gasteiger partial charge is 0.381 e. The van der Waals surface area contributed by atoms with E-state index in [0.29, 0.717) is 23.5 Å². The van der Waals surface area contributed by atoms with Gasteiger partial charge >= 0.3 is 0 Å². The van der Waals surface area contributed by atoms with E-state index in [1.807, 2.05) is 31.2 Å². The molecular weight excluding hydrogens is 306 g/mol. The number of nitrogens with one attached hydrogen (secondary N) is 1. The molecule has 1 atom stereocenters. The van der Waals surface area contributed by atoms with E-state index in [1.54, 1.807) is 6.20 Å². The quantitative estimate of drug-likeness (QED) is 0.789. The minimum Gasteiger partial charge on any atom is -0.381 e. The molecule has 7 heteroatoms. The minimum atomic E-state index is -0.0921. The van der Waals surface area contributed by atoms with E-state index in [2.05, 4.69) is 25.4 Å². The number of hydrogen-bond donors (Lipinski definition) is 1. The van der Waals surface area contributed by atoms with Crippen LogP contribution < -0.4 is 5.32 Å². The second-order valence-electron chi connectivity index (χ2n) is 6.00. The normalized spacial score (nSPS) is 17.0. The van der Waals surface area contributed by atoms with E-state index in [0.717, 1.165) is 37.1 Å². The average molecular weight is 325 g/mol. The van der Waals surface area contributed by atoms with Crippen molar-refractivity contribution in [3.63, 3.8) is 0 Å².